The van der Waals surface area contributed by atoms with Gasteiger partial charge in [0.1, 0.15) is 11.6 Å². The SMILES string of the molecule is COc1ccc(C(=O)N2CCOC(CN)C2)c(F)c1. The van der Waals surface area contributed by atoms with Crippen molar-refractivity contribution in [3.05, 3.63) is 29.6 Å². The summed E-state index contributed by atoms with van der Waals surface area (Å²) in [5.74, 6) is -0.544. The highest BCUT2D eigenvalue weighted by Crippen LogP contribution is 2.18. The first-order valence-electron chi connectivity index (χ1n) is 6.10. The van der Waals surface area contributed by atoms with Gasteiger partial charge in [0, 0.05) is 25.7 Å². The fourth-order valence-electron chi connectivity index (χ4n) is 2.01. The second-order valence-electron chi connectivity index (χ2n) is 4.33. The fraction of sp³-hybridized carbons (Fsp3) is 0.462. The molecule has 0 saturated carbocycles. The van der Waals surface area contributed by atoms with Crippen LogP contribution < -0.4 is 10.5 Å². The number of halogens is 1. The normalized spacial score (nSPS) is 19.3. The van der Waals surface area contributed by atoms with Crippen molar-refractivity contribution >= 4 is 5.91 Å². The van der Waals surface area contributed by atoms with Gasteiger partial charge in [-0.2, -0.15) is 0 Å². The maximum Gasteiger partial charge on any atom is 0.257 e. The van der Waals surface area contributed by atoms with Gasteiger partial charge >= 0.3 is 0 Å². The molecule has 2 N–H and O–H groups in total. The van der Waals surface area contributed by atoms with Crippen molar-refractivity contribution in [3.63, 3.8) is 0 Å². The summed E-state index contributed by atoms with van der Waals surface area (Å²) in [7, 11) is 1.45. The quantitative estimate of drug-likeness (QED) is 0.873. The number of carbonyl (C=O) groups excluding carboxylic acids is 1. The van der Waals surface area contributed by atoms with Gasteiger partial charge in [-0.1, -0.05) is 0 Å². The van der Waals surface area contributed by atoms with E-state index >= 15 is 0 Å². The summed E-state index contributed by atoms with van der Waals surface area (Å²) in [6.07, 6.45) is -0.181. The van der Waals surface area contributed by atoms with E-state index in [9.17, 15) is 9.18 Å². The van der Waals surface area contributed by atoms with Crippen molar-refractivity contribution in [2.75, 3.05) is 33.4 Å². The highest BCUT2D eigenvalue weighted by Gasteiger charge is 2.25. The number of hydrogen-bond acceptors (Lipinski definition) is 4. The first kappa shape index (κ1) is 13.8. The Kier molecular flexibility index (Phi) is 4.34. The molecule has 0 aliphatic carbocycles. The van der Waals surface area contributed by atoms with E-state index in [0.717, 1.165) is 0 Å². The van der Waals surface area contributed by atoms with Gasteiger partial charge in [-0.15, -0.1) is 0 Å². The number of methoxy groups -OCH3 is 1. The summed E-state index contributed by atoms with van der Waals surface area (Å²) in [6.45, 7) is 1.60. The fourth-order valence-corrected chi connectivity index (χ4v) is 2.01. The van der Waals surface area contributed by atoms with Crippen LogP contribution in [0.3, 0.4) is 0 Å². The molecule has 0 aromatic heterocycles. The molecule has 6 heteroatoms. The number of benzene rings is 1. The summed E-state index contributed by atoms with van der Waals surface area (Å²) in [6, 6.07) is 4.20. The molecule has 1 aromatic carbocycles. The van der Waals surface area contributed by atoms with Gasteiger partial charge in [-0.05, 0) is 12.1 Å². The van der Waals surface area contributed by atoms with E-state index < -0.39 is 5.82 Å². The number of rotatable bonds is 3. The molecule has 0 spiro atoms. The molecule has 0 bridgehead atoms. The Bertz CT molecular complexity index is 467. The van der Waals surface area contributed by atoms with Gasteiger partial charge in [0.25, 0.3) is 5.91 Å². The van der Waals surface area contributed by atoms with Crippen LogP contribution in [-0.2, 0) is 4.74 Å². The van der Waals surface area contributed by atoms with E-state index in [-0.39, 0.29) is 17.6 Å². The molecule has 2 rings (SSSR count). The molecule has 5 nitrogen and oxygen atoms in total. The van der Waals surface area contributed by atoms with Crippen LogP contribution in [0.25, 0.3) is 0 Å². The Morgan fingerprint density at radius 3 is 3.05 bits per heavy atom. The lowest BCUT2D eigenvalue weighted by Crippen LogP contribution is -2.48. The van der Waals surface area contributed by atoms with Crippen molar-refractivity contribution < 1.29 is 18.7 Å². The molecular formula is C13H17FN2O3. The third-order valence-corrected chi connectivity index (χ3v) is 3.10. The van der Waals surface area contributed by atoms with Crippen LogP contribution >= 0.6 is 0 Å². The molecule has 1 aliphatic rings. The Morgan fingerprint density at radius 2 is 2.42 bits per heavy atom. The lowest BCUT2D eigenvalue weighted by Gasteiger charge is -2.32. The van der Waals surface area contributed by atoms with Crippen LogP contribution in [0, 0.1) is 5.82 Å². The molecule has 1 saturated heterocycles. The van der Waals surface area contributed by atoms with Gasteiger partial charge < -0.3 is 20.1 Å². The van der Waals surface area contributed by atoms with Crippen molar-refractivity contribution in [1.29, 1.82) is 0 Å². The summed E-state index contributed by atoms with van der Waals surface area (Å²) in [5, 5.41) is 0. The number of ether oxygens (including phenoxy) is 2. The van der Waals surface area contributed by atoms with E-state index in [0.29, 0.717) is 32.0 Å². The van der Waals surface area contributed by atoms with E-state index in [2.05, 4.69) is 0 Å². The van der Waals surface area contributed by atoms with Gasteiger partial charge in [0.05, 0.1) is 25.4 Å². The summed E-state index contributed by atoms with van der Waals surface area (Å²) < 4.78 is 24.1. The highest BCUT2D eigenvalue weighted by molar-refractivity contribution is 5.94. The van der Waals surface area contributed by atoms with Crippen molar-refractivity contribution in [2.24, 2.45) is 5.73 Å². The molecule has 1 unspecified atom stereocenters. The summed E-state index contributed by atoms with van der Waals surface area (Å²) >= 11 is 0. The molecule has 1 atom stereocenters. The summed E-state index contributed by atoms with van der Waals surface area (Å²) in [5.41, 5.74) is 5.56. The standard InChI is InChI=1S/C13H17FN2O3/c1-18-9-2-3-11(12(14)6-9)13(17)16-4-5-19-10(7-15)8-16/h2-3,6,10H,4-5,7-8,15H2,1H3. The van der Waals surface area contributed by atoms with E-state index in [4.69, 9.17) is 15.2 Å². The number of carbonyl (C=O) groups is 1. The molecular weight excluding hydrogens is 251 g/mol. The van der Waals surface area contributed by atoms with Crippen LogP contribution in [0.4, 0.5) is 4.39 Å². The lowest BCUT2D eigenvalue weighted by molar-refractivity contribution is -0.0169. The smallest absolute Gasteiger partial charge is 0.257 e. The molecule has 1 fully saturated rings. The maximum absolute atomic E-state index is 13.8. The van der Waals surface area contributed by atoms with Crippen LogP contribution in [0.15, 0.2) is 18.2 Å². The minimum Gasteiger partial charge on any atom is -0.497 e. The maximum atomic E-state index is 13.8. The number of morpholine rings is 1. The molecule has 1 heterocycles. The third-order valence-electron chi connectivity index (χ3n) is 3.10. The van der Waals surface area contributed by atoms with E-state index in [1.54, 1.807) is 11.0 Å². The van der Waals surface area contributed by atoms with Gasteiger partial charge in [0.2, 0.25) is 0 Å². The first-order chi connectivity index (χ1) is 9.15. The van der Waals surface area contributed by atoms with Gasteiger partial charge in [0.15, 0.2) is 0 Å². The van der Waals surface area contributed by atoms with Gasteiger partial charge in [-0.3, -0.25) is 4.79 Å². The molecule has 1 aliphatic heterocycles. The number of nitrogens with zero attached hydrogens (tertiary/aromatic N) is 1. The summed E-state index contributed by atoms with van der Waals surface area (Å²) in [4.78, 5) is 13.8. The number of nitrogens with two attached hydrogens (primary N) is 1. The molecule has 0 radical (unpaired) electrons. The van der Waals surface area contributed by atoms with Crippen LogP contribution in [0.5, 0.6) is 5.75 Å². The highest BCUT2D eigenvalue weighted by atomic mass is 19.1. The van der Waals surface area contributed by atoms with Crippen molar-refractivity contribution in [1.82, 2.24) is 4.90 Å². The number of amides is 1. The largest absolute Gasteiger partial charge is 0.497 e. The van der Waals surface area contributed by atoms with Crippen LogP contribution in [0.1, 0.15) is 10.4 Å². The second-order valence-corrected chi connectivity index (χ2v) is 4.33. The van der Waals surface area contributed by atoms with Crippen LogP contribution in [-0.4, -0.2) is 50.3 Å². The topological polar surface area (TPSA) is 64.8 Å². The number of hydrogen-bond donors (Lipinski definition) is 1. The van der Waals surface area contributed by atoms with Crippen molar-refractivity contribution in [2.45, 2.75) is 6.10 Å². The molecule has 1 amide bonds. The predicted molar refractivity (Wildman–Crippen MR) is 67.6 cm³/mol. The zero-order valence-corrected chi connectivity index (χ0v) is 10.8. The Morgan fingerprint density at radius 1 is 1.63 bits per heavy atom. The average molecular weight is 268 g/mol. The average Bonchev–Trinajstić information content (AvgIpc) is 2.46. The Balaban J connectivity index is 2.15. The monoisotopic (exact) mass is 268 g/mol. The van der Waals surface area contributed by atoms with Gasteiger partial charge in [-0.25, -0.2) is 4.39 Å². The molecule has 1 aromatic rings. The van der Waals surface area contributed by atoms with E-state index in [1.807, 2.05) is 0 Å². The molecule has 19 heavy (non-hydrogen) atoms. The van der Waals surface area contributed by atoms with Crippen molar-refractivity contribution in [3.8, 4) is 5.75 Å². The third kappa shape index (κ3) is 3.02. The second kappa shape index (κ2) is 5.99. The zero-order chi connectivity index (χ0) is 13.8. The van der Waals surface area contributed by atoms with E-state index in [1.165, 1.54) is 19.2 Å². The van der Waals surface area contributed by atoms with Crippen LogP contribution in [0.2, 0.25) is 0 Å². The molecule has 104 valence electrons. The Hall–Kier alpha value is -1.66. The Labute approximate surface area is 111 Å². The zero-order valence-electron chi connectivity index (χ0n) is 10.8. The lowest BCUT2D eigenvalue weighted by atomic mass is 10.1. The first-order valence-corrected chi connectivity index (χ1v) is 6.10. The minimum absolute atomic E-state index is 0.0403. The predicted octanol–water partition coefficient (Wildman–Crippen LogP) is 0.634. The minimum atomic E-state index is -0.583.